The van der Waals surface area contributed by atoms with Crippen molar-refractivity contribution in [3.05, 3.63) is 92.4 Å². The third kappa shape index (κ3) is 3.13. The largest absolute Gasteiger partial charge is 0.271 e. The second kappa shape index (κ2) is 8.30. The number of carbonyl (C=O) groups excluding carboxylic acids is 2. The summed E-state index contributed by atoms with van der Waals surface area (Å²) in [6.45, 7) is 3.54. The summed E-state index contributed by atoms with van der Waals surface area (Å²) in [7, 11) is 0. The van der Waals surface area contributed by atoms with Crippen molar-refractivity contribution in [1.82, 2.24) is 0 Å². The zero-order valence-corrected chi connectivity index (χ0v) is 22.6. The molecule has 0 bridgehead atoms. The Kier molecular flexibility index (Phi) is 5.48. The number of halogens is 4. The van der Waals surface area contributed by atoms with E-state index in [1.807, 2.05) is 0 Å². The van der Waals surface area contributed by atoms with Gasteiger partial charge in [0.2, 0.25) is 0 Å². The SMILES string of the molecule is CC1=NN(c2ccc(Cl)cc2)C(=O)[C@@]12C(c1ccc(Cl)cc1Cl)[C@]21C(=O)N(c2ccc(Cl)cc2)N=C1C. The van der Waals surface area contributed by atoms with E-state index in [4.69, 9.17) is 46.4 Å². The summed E-state index contributed by atoms with van der Waals surface area (Å²) in [4.78, 5) is 28.7. The first-order chi connectivity index (χ1) is 17.6. The van der Waals surface area contributed by atoms with Crippen molar-refractivity contribution in [3.8, 4) is 0 Å². The van der Waals surface area contributed by atoms with Crippen LogP contribution in [0.4, 0.5) is 11.4 Å². The Morgan fingerprint density at radius 1 is 0.649 bits per heavy atom. The summed E-state index contributed by atoms with van der Waals surface area (Å²) in [5.74, 6) is -1.29. The number of fused-ring (bicyclic) bond motifs is 1. The number of carbonyl (C=O) groups is 2. The van der Waals surface area contributed by atoms with Crippen LogP contribution < -0.4 is 10.0 Å². The van der Waals surface area contributed by atoms with Crippen LogP contribution in [0.15, 0.2) is 76.9 Å². The highest BCUT2D eigenvalue weighted by atomic mass is 35.5. The first-order valence-electron chi connectivity index (χ1n) is 11.4. The van der Waals surface area contributed by atoms with Gasteiger partial charge in [0.15, 0.2) is 0 Å². The molecule has 0 N–H and O–H groups in total. The first kappa shape index (κ1) is 24.4. The summed E-state index contributed by atoms with van der Waals surface area (Å²) in [6, 6.07) is 18.7. The third-order valence-electron chi connectivity index (χ3n) is 7.52. The maximum Gasteiger partial charge on any atom is 0.261 e. The normalized spacial score (nSPS) is 26.4. The predicted molar refractivity (Wildman–Crippen MR) is 148 cm³/mol. The average Bonchev–Trinajstić information content (AvgIpc) is 3.33. The lowest BCUT2D eigenvalue weighted by molar-refractivity contribution is -0.126. The molecule has 2 heterocycles. The second-order valence-corrected chi connectivity index (χ2v) is 11.0. The van der Waals surface area contributed by atoms with Crippen LogP contribution >= 0.6 is 46.4 Å². The molecule has 3 atom stereocenters. The van der Waals surface area contributed by atoms with Gasteiger partial charge >= 0.3 is 0 Å². The van der Waals surface area contributed by atoms with Gasteiger partial charge in [-0.1, -0.05) is 52.5 Å². The molecule has 186 valence electrons. The van der Waals surface area contributed by atoms with E-state index >= 15 is 0 Å². The van der Waals surface area contributed by atoms with Crippen molar-refractivity contribution in [1.29, 1.82) is 0 Å². The minimum atomic E-state index is -1.31. The number of hydrazone groups is 2. The number of nitrogens with zero attached hydrogens (tertiary/aromatic N) is 4. The van der Waals surface area contributed by atoms with E-state index in [1.54, 1.807) is 80.6 Å². The van der Waals surface area contributed by atoms with Gasteiger partial charge in [-0.3, -0.25) is 9.59 Å². The van der Waals surface area contributed by atoms with Crippen molar-refractivity contribution in [2.75, 3.05) is 10.0 Å². The van der Waals surface area contributed by atoms with Crippen molar-refractivity contribution in [2.24, 2.45) is 21.0 Å². The molecule has 0 saturated heterocycles. The molecule has 1 fully saturated rings. The summed E-state index contributed by atoms with van der Waals surface area (Å²) in [5, 5.41) is 13.9. The van der Waals surface area contributed by atoms with Crippen molar-refractivity contribution >= 4 is 81.0 Å². The van der Waals surface area contributed by atoms with Crippen molar-refractivity contribution in [3.63, 3.8) is 0 Å². The fraction of sp³-hybridized carbons (Fsp3) is 0.185. The number of anilines is 2. The van der Waals surface area contributed by atoms with Gasteiger partial charge in [0.05, 0.1) is 22.8 Å². The van der Waals surface area contributed by atoms with Gasteiger partial charge in [-0.25, -0.2) is 0 Å². The van der Waals surface area contributed by atoms with E-state index in [0.29, 0.717) is 48.5 Å². The van der Waals surface area contributed by atoms with E-state index in [9.17, 15) is 9.59 Å². The second-order valence-electron chi connectivity index (χ2n) is 9.27. The van der Waals surface area contributed by atoms with Crippen LogP contribution in [0.5, 0.6) is 0 Å². The van der Waals surface area contributed by atoms with Crippen LogP contribution in [0, 0.1) is 10.8 Å². The molecular formula is C27H18Cl4N4O2. The lowest BCUT2D eigenvalue weighted by Gasteiger charge is -2.19. The summed E-state index contributed by atoms with van der Waals surface area (Å²) < 4.78 is 0. The minimum absolute atomic E-state index is 0.329. The Bertz CT molecular complexity index is 1460. The van der Waals surface area contributed by atoms with Crippen molar-refractivity contribution < 1.29 is 9.59 Å². The first-order valence-corrected chi connectivity index (χ1v) is 12.9. The summed E-state index contributed by atoms with van der Waals surface area (Å²) in [5.41, 5.74) is 0.110. The zero-order chi connectivity index (χ0) is 26.3. The molecule has 6 rings (SSSR count). The van der Waals surface area contributed by atoms with Gasteiger partial charge in [-0.15, -0.1) is 0 Å². The zero-order valence-electron chi connectivity index (χ0n) is 19.5. The Balaban J connectivity index is 1.53. The molecule has 1 saturated carbocycles. The average molecular weight is 572 g/mol. The monoisotopic (exact) mass is 570 g/mol. The maximum atomic E-state index is 14.4. The molecule has 2 amide bonds. The van der Waals surface area contributed by atoms with E-state index in [0.717, 1.165) is 0 Å². The van der Waals surface area contributed by atoms with Crippen LogP contribution in [0.1, 0.15) is 25.3 Å². The molecule has 10 heteroatoms. The van der Waals surface area contributed by atoms with E-state index in [2.05, 4.69) is 10.2 Å². The van der Waals surface area contributed by atoms with E-state index in [1.165, 1.54) is 10.0 Å². The molecular weight excluding hydrogens is 554 g/mol. The van der Waals surface area contributed by atoms with Crippen LogP contribution in [-0.2, 0) is 9.59 Å². The number of amides is 2. The molecule has 0 aromatic heterocycles. The van der Waals surface area contributed by atoms with Crippen LogP contribution in [0.3, 0.4) is 0 Å². The van der Waals surface area contributed by atoms with E-state index < -0.39 is 16.7 Å². The van der Waals surface area contributed by atoms with Gasteiger partial charge in [-0.2, -0.15) is 20.2 Å². The maximum absolute atomic E-state index is 14.4. The lowest BCUT2D eigenvalue weighted by atomic mass is 9.85. The number of rotatable bonds is 3. The quantitative estimate of drug-likeness (QED) is 0.333. The molecule has 3 aliphatic rings. The molecule has 3 aromatic carbocycles. The number of hydrogen-bond donors (Lipinski definition) is 0. The van der Waals surface area contributed by atoms with Crippen LogP contribution in [-0.4, -0.2) is 23.2 Å². The molecule has 2 aliphatic heterocycles. The molecule has 0 radical (unpaired) electrons. The lowest BCUT2D eigenvalue weighted by Crippen LogP contribution is -2.40. The third-order valence-corrected chi connectivity index (χ3v) is 8.59. The van der Waals surface area contributed by atoms with Crippen LogP contribution in [0.2, 0.25) is 20.1 Å². The van der Waals surface area contributed by atoms with E-state index in [-0.39, 0.29) is 11.8 Å². The van der Waals surface area contributed by atoms with Crippen molar-refractivity contribution in [2.45, 2.75) is 19.8 Å². The Morgan fingerprint density at radius 3 is 1.46 bits per heavy atom. The fourth-order valence-electron chi connectivity index (χ4n) is 5.96. The minimum Gasteiger partial charge on any atom is -0.271 e. The Labute approximate surface area is 233 Å². The highest BCUT2D eigenvalue weighted by Gasteiger charge is 2.91. The molecule has 3 aromatic rings. The number of hydrogen-bond acceptors (Lipinski definition) is 4. The van der Waals surface area contributed by atoms with Gasteiger partial charge in [0, 0.05) is 26.0 Å². The van der Waals surface area contributed by atoms with Crippen LogP contribution in [0.25, 0.3) is 0 Å². The highest BCUT2D eigenvalue weighted by molar-refractivity contribution is 6.39. The molecule has 6 nitrogen and oxygen atoms in total. The summed E-state index contributed by atoms with van der Waals surface area (Å²) in [6.07, 6.45) is 0. The van der Waals surface area contributed by atoms with Gasteiger partial charge in [-0.05, 0) is 80.1 Å². The standard InChI is InChI=1S/C27H18Cl4N4O2/c1-14-26(24(36)34(32-14)19-8-3-16(28)4-9-19)23(21-12-7-18(30)13-22(21)31)27(26)15(2)33-35(25(27)37)20-10-5-17(29)6-11-20/h3-13,23H,1-2H3/t23?,26-,27+. The summed E-state index contributed by atoms with van der Waals surface area (Å²) >= 11 is 25.0. The highest BCUT2D eigenvalue weighted by Crippen LogP contribution is 2.79. The number of benzene rings is 3. The molecule has 37 heavy (non-hydrogen) atoms. The van der Waals surface area contributed by atoms with Gasteiger partial charge in [0.1, 0.15) is 10.8 Å². The fourth-order valence-corrected chi connectivity index (χ4v) is 6.73. The smallest absolute Gasteiger partial charge is 0.261 e. The molecule has 2 spiro atoms. The van der Waals surface area contributed by atoms with Gasteiger partial charge < -0.3 is 0 Å². The van der Waals surface area contributed by atoms with Gasteiger partial charge in [0.25, 0.3) is 11.8 Å². The topological polar surface area (TPSA) is 65.3 Å². The molecule has 1 aliphatic carbocycles. The molecule has 1 unspecified atom stereocenters. The Hall–Kier alpha value is -2.90. The predicted octanol–water partition coefficient (Wildman–Crippen LogP) is 7.22. The Morgan fingerprint density at radius 2 is 1.05 bits per heavy atom.